The fraction of sp³-hybridized carbons (Fsp3) is 0.500. The molecule has 1 heterocycles. The summed E-state index contributed by atoms with van der Waals surface area (Å²) in [6.45, 7) is 8.25. The van der Waals surface area contributed by atoms with Crippen LogP contribution in [0.2, 0.25) is 5.02 Å². The number of carbonyl (C=O) groups excluding carboxylic acids is 2. The van der Waals surface area contributed by atoms with Crippen LogP contribution in [0, 0.1) is 5.41 Å². The molecule has 0 aromatic heterocycles. The quantitative estimate of drug-likeness (QED) is 0.602. The van der Waals surface area contributed by atoms with Crippen LogP contribution < -0.4 is 0 Å². The first-order valence-electron chi connectivity index (χ1n) is 8.69. The fourth-order valence-electron chi connectivity index (χ4n) is 2.76. The molecule has 26 heavy (non-hydrogen) atoms. The van der Waals surface area contributed by atoms with Gasteiger partial charge >= 0.3 is 6.09 Å². The molecular formula is C20H26ClNO4. The Hall–Kier alpha value is -2.01. The molecule has 0 unspecified atom stereocenters. The largest absolute Gasteiger partial charge is 0.507 e. The van der Waals surface area contributed by atoms with Crippen LogP contribution in [0.5, 0.6) is 0 Å². The normalized spacial score (nSPS) is 17.7. The molecule has 6 heteroatoms. The molecule has 0 radical (unpaired) electrons. The minimum atomic E-state index is -0.612. The zero-order chi connectivity index (χ0) is 19.5. The maximum atomic E-state index is 12.7. The van der Waals surface area contributed by atoms with E-state index in [0.29, 0.717) is 36.5 Å². The summed E-state index contributed by atoms with van der Waals surface area (Å²) in [5.41, 5.74) is -0.614. The zero-order valence-corrected chi connectivity index (χ0v) is 16.5. The first kappa shape index (κ1) is 20.3. The topological polar surface area (TPSA) is 66.8 Å². The highest BCUT2D eigenvalue weighted by Crippen LogP contribution is 2.33. The van der Waals surface area contributed by atoms with E-state index in [1.165, 1.54) is 6.08 Å². The molecule has 142 valence electrons. The molecule has 0 aliphatic carbocycles. The summed E-state index contributed by atoms with van der Waals surface area (Å²) in [5.74, 6) is -0.226. The lowest BCUT2D eigenvalue weighted by Gasteiger charge is -2.38. The van der Waals surface area contributed by atoms with Crippen molar-refractivity contribution < 1.29 is 19.4 Å². The molecule has 1 aromatic carbocycles. The molecule has 1 N–H and O–H groups in total. The Bertz CT molecular complexity index is 696. The summed E-state index contributed by atoms with van der Waals surface area (Å²) in [6.07, 6.45) is 1.96. The number of aliphatic hydroxyl groups is 1. The van der Waals surface area contributed by atoms with Crippen molar-refractivity contribution in [3.8, 4) is 0 Å². The van der Waals surface area contributed by atoms with E-state index < -0.39 is 11.0 Å². The van der Waals surface area contributed by atoms with Gasteiger partial charge in [0.2, 0.25) is 0 Å². The maximum Gasteiger partial charge on any atom is 0.410 e. The third-order valence-corrected chi connectivity index (χ3v) is 4.77. The maximum absolute atomic E-state index is 12.7. The van der Waals surface area contributed by atoms with Crippen LogP contribution in [0.15, 0.2) is 30.3 Å². The van der Waals surface area contributed by atoms with Crippen molar-refractivity contribution in [3.05, 3.63) is 40.9 Å². The lowest BCUT2D eigenvalue weighted by molar-refractivity contribution is -0.125. The number of nitrogens with zero attached hydrogens (tertiary/aromatic N) is 1. The van der Waals surface area contributed by atoms with Gasteiger partial charge in [0.05, 0.1) is 0 Å². The van der Waals surface area contributed by atoms with Gasteiger partial charge in [-0.05, 0) is 57.9 Å². The van der Waals surface area contributed by atoms with Crippen molar-refractivity contribution in [2.45, 2.75) is 46.1 Å². The number of aliphatic hydroxyl groups excluding tert-OH is 1. The second-order valence-electron chi connectivity index (χ2n) is 7.93. The Balaban J connectivity index is 2.01. The third-order valence-electron chi connectivity index (χ3n) is 4.52. The molecule has 2 rings (SSSR count). The summed E-state index contributed by atoms with van der Waals surface area (Å²) < 4.78 is 5.38. The Morgan fingerprint density at radius 3 is 2.23 bits per heavy atom. The highest BCUT2D eigenvalue weighted by atomic mass is 35.5. The van der Waals surface area contributed by atoms with Gasteiger partial charge < -0.3 is 14.7 Å². The van der Waals surface area contributed by atoms with E-state index in [1.807, 2.05) is 27.7 Å². The Labute approximate surface area is 159 Å². The van der Waals surface area contributed by atoms with Gasteiger partial charge in [-0.3, -0.25) is 4.79 Å². The summed E-state index contributed by atoms with van der Waals surface area (Å²) >= 11 is 5.83. The van der Waals surface area contributed by atoms with E-state index in [-0.39, 0.29) is 17.6 Å². The first-order valence-corrected chi connectivity index (χ1v) is 9.07. The van der Waals surface area contributed by atoms with Gasteiger partial charge in [-0.1, -0.05) is 18.5 Å². The number of halogens is 1. The molecule has 0 bridgehead atoms. The van der Waals surface area contributed by atoms with Crippen LogP contribution in [0.4, 0.5) is 4.79 Å². The average molecular weight is 380 g/mol. The Morgan fingerprint density at radius 2 is 1.73 bits per heavy atom. The fourth-order valence-corrected chi connectivity index (χ4v) is 2.88. The van der Waals surface area contributed by atoms with Crippen LogP contribution >= 0.6 is 11.6 Å². The molecule has 1 amide bonds. The number of piperidine rings is 1. The standard InChI is InChI=1S/C20H26ClNO4/c1-19(2,3)26-18(25)22-11-9-20(4,10-12-22)17(24)13-16(23)14-5-7-15(21)8-6-14/h5-8,13,23H,9-12H2,1-4H3/b16-13-. The average Bonchev–Trinajstić information content (AvgIpc) is 2.54. The third kappa shape index (κ3) is 5.24. The molecule has 1 aliphatic rings. The van der Waals surface area contributed by atoms with Crippen LogP contribution in [0.3, 0.4) is 0 Å². The molecule has 0 spiro atoms. The number of hydrogen-bond donors (Lipinski definition) is 1. The zero-order valence-electron chi connectivity index (χ0n) is 15.7. The van der Waals surface area contributed by atoms with E-state index in [2.05, 4.69) is 0 Å². The second-order valence-corrected chi connectivity index (χ2v) is 8.37. The molecule has 1 saturated heterocycles. The molecule has 0 atom stereocenters. The van der Waals surface area contributed by atoms with Gasteiger partial charge in [0.1, 0.15) is 11.4 Å². The van der Waals surface area contributed by atoms with E-state index in [9.17, 15) is 14.7 Å². The van der Waals surface area contributed by atoms with Crippen LogP contribution in [0.25, 0.3) is 5.76 Å². The number of benzene rings is 1. The summed E-state index contributed by atoms with van der Waals surface area (Å²) in [7, 11) is 0. The SMILES string of the molecule is CC(C)(C)OC(=O)N1CCC(C)(C(=O)/C=C(\O)c2ccc(Cl)cc2)CC1. The number of likely N-dealkylation sites (tertiary alicyclic amines) is 1. The highest BCUT2D eigenvalue weighted by molar-refractivity contribution is 6.30. The Kier molecular flexibility index (Phi) is 6.02. The van der Waals surface area contributed by atoms with Gasteiger partial charge in [0, 0.05) is 35.2 Å². The van der Waals surface area contributed by atoms with Crippen LogP contribution in [0.1, 0.15) is 46.1 Å². The number of amides is 1. The molecule has 1 aromatic rings. The molecular weight excluding hydrogens is 354 g/mol. The summed E-state index contributed by atoms with van der Waals surface area (Å²) in [4.78, 5) is 26.4. The van der Waals surface area contributed by atoms with Gasteiger partial charge in [-0.15, -0.1) is 0 Å². The first-order chi connectivity index (χ1) is 12.0. The van der Waals surface area contributed by atoms with E-state index in [1.54, 1.807) is 29.2 Å². The van der Waals surface area contributed by atoms with Crippen molar-refractivity contribution in [2.75, 3.05) is 13.1 Å². The number of carbonyl (C=O) groups is 2. The minimum Gasteiger partial charge on any atom is -0.507 e. The van der Waals surface area contributed by atoms with Crippen molar-refractivity contribution in [3.63, 3.8) is 0 Å². The van der Waals surface area contributed by atoms with Crippen LogP contribution in [-0.2, 0) is 9.53 Å². The second kappa shape index (κ2) is 7.70. The predicted molar refractivity (Wildman–Crippen MR) is 102 cm³/mol. The van der Waals surface area contributed by atoms with Crippen molar-refractivity contribution in [1.82, 2.24) is 4.90 Å². The van der Waals surface area contributed by atoms with E-state index in [0.717, 1.165) is 0 Å². The van der Waals surface area contributed by atoms with Crippen molar-refractivity contribution >= 4 is 29.2 Å². The van der Waals surface area contributed by atoms with Gasteiger partial charge in [-0.2, -0.15) is 0 Å². The van der Waals surface area contributed by atoms with Gasteiger partial charge in [0.15, 0.2) is 5.78 Å². The molecule has 0 saturated carbocycles. The highest BCUT2D eigenvalue weighted by Gasteiger charge is 2.38. The Morgan fingerprint density at radius 1 is 1.19 bits per heavy atom. The molecule has 1 aliphatic heterocycles. The summed E-state index contributed by atoms with van der Waals surface area (Å²) in [5, 5.41) is 10.8. The number of ketones is 1. The lowest BCUT2D eigenvalue weighted by Crippen LogP contribution is -2.46. The molecule has 5 nitrogen and oxygen atoms in total. The lowest BCUT2D eigenvalue weighted by atomic mass is 9.76. The number of ether oxygens (including phenoxy) is 1. The van der Waals surface area contributed by atoms with Crippen molar-refractivity contribution in [2.24, 2.45) is 5.41 Å². The number of hydrogen-bond acceptors (Lipinski definition) is 4. The monoisotopic (exact) mass is 379 g/mol. The number of rotatable bonds is 3. The van der Waals surface area contributed by atoms with Crippen molar-refractivity contribution in [1.29, 1.82) is 0 Å². The number of allylic oxidation sites excluding steroid dienone is 1. The minimum absolute atomic E-state index is 0.0811. The van der Waals surface area contributed by atoms with Gasteiger partial charge in [-0.25, -0.2) is 4.79 Å². The van der Waals surface area contributed by atoms with E-state index >= 15 is 0 Å². The van der Waals surface area contributed by atoms with E-state index in [4.69, 9.17) is 16.3 Å². The summed E-state index contributed by atoms with van der Waals surface area (Å²) in [6, 6.07) is 6.64. The smallest absolute Gasteiger partial charge is 0.410 e. The predicted octanol–water partition coefficient (Wildman–Crippen LogP) is 4.85. The van der Waals surface area contributed by atoms with Gasteiger partial charge in [0.25, 0.3) is 0 Å². The molecule has 1 fully saturated rings. The van der Waals surface area contributed by atoms with Crippen LogP contribution in [-0.4, -0.2) is 40.6 Å².